The number of fused-ring (bicyclic) bond motifs is 4. The second-order valence-corrected chi connectivity index (χ2v) is 6.98. The normalized spacial score (nSPS) is 20.2. The first-order chi connectivity index (χ1) is 13.3. The maximum Gasteiger partial charge on any atom is 0.323 e. The minimum atomic E-state index is -1.61. The van der Waals surface area contributed by atoms with Gasteiger partial charge in [-0.3, -0.25) is 19.6 Å². The molecule has 2 aliphatic rings. The van der Waals surface area contributed by atoms with E-state index >= 15 is 0 Å². The third-order valence-electron chi connectivity index (χ3n) is 5.11. The average Bonchev–Trinajstić information content (AvgIpc) is 3.16. The summed E-state index contributed by atoms with van der Waals surface area (Å²) < 4.78 is 5.54. The van der Waals surface area contributed by atoms with Crippen LogP contribution in [-0.2, 0) is 15.0 Å². The summed E-state index contributed by atoms with van der Waals surface area (Å²) in [6.07, 6.45) is 0. The number of H-pyrrole nitrogens is 1. The summed E-state index contributed by atoms with van der Waals surface area (Å²) in [6, 6.07) is 8.81. The SMILES string of the molecule is CC(C)c1[nH]nc2c1[C@]1(C(=O)N(CC(=O)O)c3ccccc31)C(C#N)=C(N)O2. The molecule has 142 valence electrons. The lowest BCUT2D eigenvalue weighted by molar-refractivity contribution is -0.136. The number of para-hydroxylation sites is 1. The number of amides is 1. The van der Waals surface area contributed by atoms with Gasteiger partial charge in [-0.15, -0.1) is 5.10 Å². The Labute approximate surface area is 160 Å². The van der Waals surface area contributed by atoms with Crippen LogP contribution in [0.4, 0.5) is 5.69 Å². The van der Waals surface area contributed by atoms with Crippen LogP contribution in [0.15, 0.2) is 35.7 Å². The number of benzene rings is 1. The molecule has 0 bridgehead atoms. The van der Waals surface area contributed by atoms with Gasteiger partial charge in [0.25, 0.3) is 0 Å². The highest BCUT2D eigenvalue weighted by Crippen LogP contribution is 2.56. The molecule has 2 aliphatic heterocycles. The predicted octanol–water partition coefficient (Wildman–Crippen LogP) is 1.34. The van der Waals surface area contributed by atoms with Gasteiger partial charge in [-0.05, 0) is 12.0 Å². The summed E-state index contributed by atoms with van der Waals surface area (Å²) in [4.78, 5) is 26.3. The maximum atomic E-state index is 13.7. The van der Waals surface area contributed by atoms with Gasteiger partial charge in [0.2, 0.25) is 17.7 Å². The molecule has 2 aromatic rings. The number of aromatic nitrogens is 2. The second-order valence-electron chi connectivity index (χ2n) is 6.98. The van der Waals surface area contributed by atoms with Crippen molar-refractivity contribution >= 4 is 17.6 Å². The molecule has 9 heteroatoms. The largest absolute Gasteiger partial charge is 0.480 e. The van der Waals surface area contributed by atoms with E-state index in [-0.39, 0.29) is 23.3 Å². The highest BCUT2D eigenvalue weighted by Gasteiger charge is 2.61. The van der Waals surface area contributed by atoms with Crippen LogP contribution in [-0.4, -0.2) is 33.7 Å². The van der Waals surface area contributed by atoms with E-state index in [2.05, 4.69) is 10.2 Å². The van der Waals surface area contributed by atoms with Crippen LogP contribution >= 0.6 is 0 Å². The van der Waals surface area contributed by atoms with Crippen molar-refractivity contribution in [1.29, 1.82) is 5.26 Å². The van der Waals surface area contributed by atoms with Crippen molar-refractivity contribution < 1.29 is 19.4 Å². The van der Waals surface area contributed by atoms with Gasteiger partial charge >= 0.3 is 5.97 Å². The predicted molar refractivity (Wildman–Crippen MR) is 97.3 cm³/mol. The van der Waals surface area contributed by atoms with E-state index in [0.717, 1.165) is 4.90 Å². The number of carbonyl (C=O) groups is 2. The van der Waals surface area contributed by atoms with Crippen molar-refractivity contribution in [1.82, 2.24) is 10.2 Å². The number of nitrogens with two attached hydrogens (primary N) is 1. The number of nitrogens with zero attached hydrogens (tertiary/aromatic N) is 3. The molecule has 1 aromatic carbocycles. The van der Waals surface area contributed by atoms with Gasteiger partial charge in [0.15, 0.2) is 0 Å². The van der Waals surface area contributed by atoms with Crippen LogP contribution in [0.3, 0.4) is 0 Å². The minimum absolute atomic E-state index is 0.0653. The first-order valence-corrected chi connectivity index (χ1v) is 8.64. The molecule has 1 atom stereocenters. The van der Waals surface area contributed by atoms with E-state index < -0.39 is 23.8 Å². The molecule has 1 aromatic heterocycles. The van der Waals surface area contributed by atoms with Crippen molar-refractivity contribution in [3.8, 4) is 11.9 Å². The number of rotatable bonds is 3. The van der Waals surface area contributed by atoms with Crippen LogP contribution in [0.25, 0.3) is 0 Å². The highest BCUT2D eigenvalue weighted by molar-refractivity contribution is 6.15. The zero-order valence-electron chi connectivity index (χ0n) is 15.2. The Balaban J connectivity index is 2.13. The molecule has 28 heavy (non-hydrogen) atoms. The minimum Gasteiger partial charge on any atom is -0.480 e. The van der Waals surface area contributed by atoms with Crippen LogP contribution < -0.4 is 15.4 Å². The molecule has 1 amide bonds. The lowest BCUT2D eigenvalue weighted by Crippen LogP contribution is -2.47. The van der Waals surface area contributed by atoms with E-state index in [4.69, 9.17) is 10.5 Å². The number of hydrogen-bond donors (Lipinski definition) is 3. The van der Waals surface area contributed by atoms with Gasteiger partial charge in [-0.25, -0.2) is 0 Å². The number of anilines is 1. The fraction of sp³-hybridized carbons (Fsp3) is 0.263. The Morgan fingerprint density at radius 3 is 2.82 bits per heavy atom. The van der Waals surface area contributed by atoms with Gasteiger partial charge in [-0.1, -0.05) is 32.0 Å². The van der Waals surface area contributed by atoms with Crippen molar-refractivity contribution in [2.75, 3.05) is 11.4 Å². The number of aromatic amines is 1. The summed E-state index contributed by atoms with van der Waals surface area (Å²) >= 11 is 0. The quantitative estimate of drug-likeness (QED) is 0.729. The van der Waals surface area contributed by atoms with Crippen molar-refractivity contribution in [3.05, 3.63) is 52.5 Å². The Kier molecular flexibility index (Phi) is 3.68. The van der Waals surface area contributed by atoms with E-state index in [0.29, 0.717) is 22.5 Å². The van der Waals surface area contributed by atoms with Crippen molar-refractivity contribution in [2.24, 2.45) is 5.73 Å². The number of nitrogens with one attached hydrogen (secondary N) is 1. The lowest BCUT2D eigenvalue weighted by atomic mass is 9.68. The molecule has 4 rings (SSSR count). The zero-order chi connectivity index (χ0) is 20.2. The number of carboxylic acid groups (broad SMARTS) is 1. The smallest absolute Gasteiger partial charge is 0.323 e. The van der Waals surface area contributed by atoms with E-state index in [1.165, 1.54) is 0 Å². The number of aliphatic carboxylic acids is 1. The number of hydrogen-bond acceptors (Lipinski definition) is 6. The van der Waals surface area contributed by atoms with Gasteiger partial charge in [-0.2, -0.15) is 5.26 Å². The molecular weight excluding hydrogens is 362 g/mol. The Morgan fingerprint density at radius 2 is 2.18 bits per heavy atom. The lowest BCUT2D eigenvalue weighted by Gasteiger charge is -2.33. The third kappa shape index (κ3) is 2.02. The molecule has 0 aliphatic carbocycles. The first kappa shape index (κ1) is 17.6. The monoisotopic (exact) mass is 379 g/mol. The van der Waals surface area contributed by atoms with Gasteiger partial charge < -0.3 is 15.6 Å². The summed E-state index contributed by atoms with van der Waals surface area (Å²) in [7, 11) is 0. The molecule has 1 spiro atoms. The molecule has 0 unspecified atom stereocenters. The highest BCUT2D eigenvalue weighted by atomic mass is 16.5. The molecule has 4 N–H and O–H groups in total. The van der Waals surface area contributed by atoms with Crippen LogP contribution in [0.2, 0.25) is 0 Å². The fourth-order valence-corrected chi connectivity index (χ4v) is 4.02. The summed E-state index contributed by atoms with van der Waals surface area (Å²) in [5.74, 6) is -1.91. The van der Waals surface area contributed by atoms with E-state index in [1.54, 1.807) is 24.3 Å². The number of carboxylic acids is 1. The average molecular weight is 379 g/mol. The van der Waals surface area contributed by atoms with Crippen LogP contribution in [0.1, 0.15) is 36.6 Å². The fourth-order valence-electron chi connectivity index (χ4n) is 4.02. The number of nitriles is 1. The second kappa shape index (κ2) is 5.85. The van der Waals surface area contributed by atoms with Gasteiger partial charge in [0.05, 0.1) is 5.56 Å². The molecular formula is C19H17N5O4. The van der Waals surface area contributed by atoms with Crippen LogP contribution in [0, 0.1) is 11.3 Å². The molecule has 0 fully saturated rings. The van der Waals surface area contributed by atoms with Gasteiger partial charge in [0, 0.05) is 16.9 Å². The van der Waals surface area contributed by atoms with E-state index in [9.17, 15) is 20.0 Å². The Bertz CT molecular complexity index is 1090. The number of carbonyl (C=O) groups excluding carboxylic acids is 1. The number of ether oxygens (including phenoxy) is 1. The maximum absolute atomic E-state index is 13.7. The summed E-state index contributed by atoms with van der Waals surface area (Å²) in [5.41, 5.74) is 6.24. The van der Waals surface area contributed by atoms with Crippen molar-refractivity contribution in [3.63, 3.8) is 0 Å². The Morgan fingerprint density at radius 1 is 1.46 bits per heavy atom. The summed E-state index contributed by atoms with van der Waals surface area (Å²) in [6.45, 7) is 3.28. The third-order valence-corrected chi connectivity index (χ3v) is 5.11. The molecule has 0 saturated carbocycles. The summed E-state index contributed by atoms with van der Waals surface area (Å²) in [5, 5.41) is 26.3. The standard InChI is InChI=1S/C19H17N5O4/c1-9(2)15-14-17(23-22-15)28-16(21)11(7-20)19(14)10-5-3-4-6-12(10)24(18(19)27)8-13(25)26/h3-6,9H,8,21H2,1-2H3,(H,22,23)(H,25,26)/t19-/m1/s1. The first-order valence-electron chi connectivity index (χ1n) is 8.64. The molecule has 0 radical (unpaired) electrons. The van der Waals surface area contributed by atoms with Gasteiger partial charge in [0.1, 0.15) is 23.6 Å². The Hall–Kier alpha value is -3.80. The van der Waals surface area contributed by atoms with Crippen LogP contribution in [0.5, 0.6) is 5.88 Å². The zero-order valence-corrected chi connectivity index (χ0v) is 15.2. The molecule has 9 nitrogen and oxygen atoms in total. The van der Waals surface area contributed by atoms with E-state index in [1.807, 2.05) is 19.9 Å². The van der Waals surface area contributed by atoms with Crippen molar-refractivity contribution in [2.45, 2.75) is 25.2 Å². The molecule has 0 saturated heterocycles. The topological polar surface area (TPSA) is 145 Å². The molecule has 3 heterocycles.